The van der Waals surface area contributed by atoms with Crippen molar-refractivity contribution in [2.45, 2.75) is 18.9 Å². The summed E-state index contributed by atoms with van der Waals surface area (Å²) < 4.78 is 4.48. The van der Waals surface area contributed by atoms with Crippen molar-refractivity contribution in [3.05, 3.63) is 0 Å². The van der Waals surface area contributed by atoms with Gasteiger partial charge < -0.3 is 10.5 Å². The number of halogens is 1. The third-order valence-electron chi connectivity index (χ3n) is 1.47. The molecule has 1 aliphatic rings. The second kappa shape index (κ2) is 4.18. The van der Waals surface area contributed by atoms with Gasteiger partial charge in [0.1, 0.15) is 6.04 Å². The van der Waals surface area contributed by atoms with Crippen molar-refractivity contribution in [3.63, 3.8) is 0 Å². The first-order valence-corrected chi connectivity index (χ1v) is 3.14. The minimum atomic E-state index is -0.343. The molecule has 2 N–H and O–H groups in total. The smallest absolute Gasteiger partial charge is 0.330 e. The lowest BCUT2D eigenvalue weighted by atomic mass is 10.2. The van der Waals surface area contributed by atoms with E-state index in [0.29, 0.717) is 18.7 Å². The Morgan fingerprint density at radius 3 is 2.82 bits per heavy atom. The van der Waals surface area contributed by atoms with Crippen LogP contribution >= 0.6 is 12.4 Å². The number of aliphatic imine (C=N–C) groups is 1. The predicted octanol–water partition coefficient (Wildman–Crippen LogP) is 0.101. The van der Waals surface area contributed by atoms with Crippen LogP contribution in [-0.4, -0.2) is 25.0 Å². The van der Waals surface area contributed by atoms with Gasteiger partial charge in [-0.25, -0.2) is 4.79 Å². The highest BCUT2D eigenvalue weighted by Crippen LogP contribution is 2.11. The molecule has 0 fully saturated rings. The zero-order valence-corrected chi connectivity index (χ0v) is 7.06. The van der Waals surface area contributed by atoms with Gasteiger partial charge in [-0.15, -0.1) is 12.4 Å². The minimum absolute atomic E-state index is 0. The Bertz CT molecular complexity index is 181. The molecular formula is C6H11ClN2O2. The number of nitrogens with two attached hydrogens (primary N) is 1. The third-order valence-corrected chi connectivity index (χ3v) is 1.47. The lowest BCUT2D eigenvalue weighted by Crippen LogP contribution is -2.17. The highest BCUT2D eigenvalue weighted by molar-refractivity contribution is 5.88. The van der Waals surface area contributed by atoms with E-state index in [2.05, 4.69) is 9.73 Å². The summed E-state index contributed by atoms with van der Waals surface area (Å²) in [6.45, 7) is 0. The maximum Gasteiger partial charge on any atom is 0.330 e. The van der Waals surface area contributed by atoms with Crippen LogP contribution in [0.25, 0.3) is 0 Å². The molecule has 1 aliphatic heterocycles. The second-order valence-corrected chi connectivity index (χ2v) is 2.20. The number of carbonyl (C=O) groups excluding carboxylic acids is 1. The van der Waals surface area contributed by atoms with Gasteiger partial charge in [-0.3, -0.25) is 4.99 Å². The number of carbonyl (C=O) groups is 1. The van der Waals surface area contributed by atoms with Crippen LogP contribution in [0, 0.1) is 0 Å². The Kier molecular flexibility index (Phi) is 3.89. The number of amidine groups is 1. The van der Waals surface area contributed by atoms with Crippen molar-refractivity contribution in [1.82, 2.24) is 0 Å². The van der Waals surface area contributed by atoms with Crippen LogP contribution in [0.2, 0.25) is 0 Å². The zero-order chi connectivity index (χ0) is 7.56. The van der Waals surface area contributed by atoms with Crippen LogP contribution in [0.3, 0.4) is 0 Å². The normalized spacial score (nSPS) is 21.9. The maximum atomic E-state index is 10.8. The van der Waals surface area contributed by atoms with Crippen LogP contribution in [0.4, 0.5) is 0 Å². The van der Waals surface area contributed by atoms with E-state index in [4.69, 9.17) is 5.73 Å². The molecule has 0 amide bonds. The molecule has 0 aliphatic carbocycles. The molecule has 1 heterocycles. The van der Waals surface area contributed by atoms with Crippen molar-refractivity contribution < 1.29 is 9.53 Å². The molecule has 0 unspecified atom stereocenters. The summed E-state index contributed by atoms with van der Waals surface area (Å²) in [5, 5.41) is 0. The van der Waals surface area contributed by atoms with Gasteiger partial charge in [0.25, 0.3) is 0 Å². The van der Waals surface area contributed by atoms with E-state index in [9.17, 15) is 4.79 Å². The zero-order valence-electron chi connectivity index (χ0n) is 6.24. The van der Waals surface area contributed by atoms with E-state index in [1.165, 1.54) is 7.11 Å². The SMILES string of the molecule is COC(=O)[C@H]1CCC(N)=N1.Cl. The Morgan fingerprint density at radius 1 is 1.82 bits per heavy atom. The first-order valence-electron chi connectivity index (χ1n) is 3.14. The predicted molar refractivity (Wildman–Crippen MR) is 43.9 cm³/mol. The fraction of sp³-hybridized carbons (Fsp3) is 0.667. The fourth-order valence-corrected chi connectivity index (χ4v) is 0.920. The number of nitrogens with zero attached hydrogens (tertiary/aromatic N) is 1. The number of methoxy groups -OCH3 is 1. The van der Waals surface area contributed by atoms with E-state index in [1.54, 1.807) is 0 Å². The van der Waals surface area contributed by atoms with Gasteiger partial charge in [0.2, 0.25) is 0 Å². The molecule has 64 valence electrons. The van der Waals surface area contributed by atoms with E-state index < -0.39 is 0 Å². The highest BCUT2D eigenvalue weighted by Gasteiger charge is 2.23. The lowest BCUT2D eigenvalue weighted by Gasteiger charge is -2.00. The number of esters is 1. The molecule has 0 spiro atoms. The van der Waals surface area contributed by atoms with E-state index in [0.717, 1.165) is 0 Å². The molecule has 0 aromatic rings. The van der Waals surface area contributed by atoms with E-state index in [1.807, 2.05) is 0 Å². The van der Waals surface area contributed by atoms with Gasteiger partial charge >= 0.3 is 5.97 Å². The molecule has 0 bridgehead atoms. The molecule has 0 saturated carbocycles. The molecule has 5 heteroatoms. The summed E-state index contributed by atoms with van der Waals surface area (Å²) in [5.41, 5.74) is 5.36. The highest BCUT2D eigenvalue weighted by atomic mass is 35.5. The molecule has 0 saturated heterocycles. The van der Waals surface area contributed by atoms with Gasteiger partial charge in [-0.1, -0.05) is 0 Å². The molecule has 1 atom stereocenters. The summed E-state index contributed by atoms with van der Waals surface area (Å²) >= 11 is 0. The first-order chi connectivity index (χ1) is 4.74. The molecule has 1 rings (SSSR count). The minimum Gasteiger partial charge on any atom is -0.467 e. The Labute approximate surface area is 71.2 Å². The molecule has 4 nitrogen and oxygen atoms in total. The molecule has 0 aromatic carbocycles. The standard InChI is InChI=1S/C6H10N2O2.ClH/c1-10-6(9)4-2-3-5(7)8-4;/h4H,2-3H2,1H3,(H2,7,8);1H/t4-;/m1./s1. The van der Waals surface area contributed by atoms with Crippen molar-refractivity contribution in [2.75, 3.05) is 7.11 Å². The Balaban J connectivity index is 0.000001000. The van der Waals surface area contributed by atoms with Gasteiger partial charge in [-0.05, 0) is 6.42 Å². The topological polar surface area (TPSA) is 64.7 Å². The van der Waals surface area contributed by atoms with Gasteiger partial charge in [0, 0.05) is 6.42 Å². The maximum absolute atomic E-state index is 10.8. The van der Waals surface area contributed by atoms with Crippen molar-refractivity contribution in [3.8, 4) is 0 Å². The summed E-state index contributed by atoms with van der Waals surface area (Å²) in [7, 11) is 1.35. The quantitative estimate of drug-likeness (QED) is 0.580. The number of hydrogen-bond acceptors (Lipinski definition) is 4. The number of hydrogen-bond donors (Lipinski definition) is 1. The first kappa shape index (κ1) is 10.2. The summed E-state index contributed by atoms with van der Waals surface area (Å²) in [5.74, 6) is 0.260. The van der Waals surface area contributed by atoms with Crippen LogP contribution in [0.5, 0.6) is 0 Å². The van der Waals surface area contributed by atoms with E-state index >= 15 is 0 Å². The molecule has 0 aromatic heterocycles. The monoisotopic (exact) mass is 178 g/mol. The second-order valence-electron chi connectivity index (χ2n) is 2.20. The lowest BCUT2D eigenvalue weighted by molar-refractivity contribution is -0.141. The molecular weight excluding hydrogens is 168 g/mol. The van der Waals surface area contributed by atoms with Gasteiger partial charge in [0.05, 0.1) is 12.9 Å². The number of rotatable bonds is 1. The van der Waals surface area contributed by atoms with Crippen LogP contribution in [0.1, 0.15) is 12.8 Å². The Morgan fingerprint density at radius 2 is 2.45 bits per heavy atom. The van der Waals surface area contributed by atoms with Crippen molar-refractivity contribution in [2.24, 2.45) is 10.7 Å². The van der Waals surface area contributed by atoms with Crippen LogP contribution in [0.15, 0.2) is 4.99 Å². The number of ether oxygens (including phenoxy) is 1. The summed E-state index contributed by atoms with van der Waals surface area (Å²) in [6, 6.07) is -0.343. The average molecular weight is 179 g/mol. The van der Waals surface area contributed by atoms with E-state index in [-0.39, 0.29) is 24.4 Å². The van der Waals surface area contributed by atoms with Crippen LogP contribution in [-0.2, 0) is 9.53 Å². The van der Waals surface area contributed by atoms with Gasteiger partial charge in [-0.2, -0.15) is 0 Å². The molecule has 11 heavy (non-hydrogen) atoms. The summed E-state index contributed by atoms with van der Waals surface area (Å²) in [4.78, 5) is 14.7. The third kappa shape index (κ3) is 2.38. The van der Waals surface area contributed by atoms with Crippen LogP contribution < -0.4 is 5.73 Å². The Hall–Kier alpha value is -0.770. The fourth-order valence-electron chi connectivity index (χ4n) is 0.920. The largest absolute Gasteiger partial charge is 0.467 e. The van der Waals surface area contributed by atoms with Crippen molar-refractivity contribution >= 4 is 24.2 Å². The van der Waals surface area contributed by atoms with Gasteiger partial charge in [0.15, 0.2) is 0 Å². The average Bonchev–Trinajstić information content (AvgIpc) is 2.34. The van der Waals surface area contributed by atoms with Crippen molar-refractivity contribution in [1.29, 1.82) is 0 Å². The summed E-state index contributed by atoms with van der Waals surface area (Å²) in [6.07, 6.45) is 1.40. The molecule has 0 radical (unpaired) electrons.